The van der Waals surface area contributed by atoms with E-state index in [-0.39, 0.29) is 12.1 Å². The van der Waals surface area contributed by atoms with Gasteiger partial charge in [0.25, 0.3) is 0 Å². The highest BCUT2D eigenvalue weighted by atomic mass is 32.2. The van der Waals surface area contributed by atoms with Crippen LogP contribution in [0.5, 0.6) is 0 Å². The van der Waals surface area contributed by atoms with Crippen molar-refractivity contribution in [3.05, 3.63) is 34.9 Å². The Bertz CT molecular complexity index is 640. The zero-order chi connectivity index (χ0) is 16.4. The number of nitrogens with one attached hydrogen (secondary N) is 1. The predicted octanol–water partition coefficient (Wildman–Crippen LogP) is 2.06. The Kier molecular flexibility index (Phi) is 5.00. The van der Waals surface area contributed by atoms with Gasteiger partial charge >= 0.3 is 12.1 Å². The average molecular weight is 325 g/mol. The zero-order valence-corrected chi connectivity index (χ0v) is 12.0. The molecule has 0 spiro atoms. The smallest absolute Gasteiger partial charge is 0.406 e. The van der Waals surface area contributed by atoms with Gasteiger partial charge in [-0.1, -0.05) is 12.1 Å². The Balaban J connectivity index is 2.85. The highest BCUT2D eigenvalue weighted by Gasteiger charge is 2.44. The molecule has 0 saturated heterocycles. The van der Waals surface area contributed by atoms with Crippen molar-refractivity contribution in [3.63, 3.8) is 0 Å². The highest BCUT2D eigenvalue weighted by Crippen LogP contribution is 2.25. The van der Waals surface area contributed by atoms with Crippen LogP contribution in [0.1, 0.15) is 28.4 Å². The molecule has 0 aliphatic heterocycles. The summed E-state index contributed by atoms with van der Waals surface area (Å²) in [6, 6.07) is 4.02. The van der Waals surface area contributed by atoms with Gasteiger partial charge in [-0.05, 0) is 31.0 Å². The number of carbonyl (C=O) groups is 1. The van der Waals surface area contributed by atoms with Crippen LogP contribution in [-0.4, -0.2) is 30.9 Å². The van der Waals surface area contributed by atoms with Crippen LogP contribution in [0.15, 0.2) is 18.2 Å². The number of alkyl halides is 3. The number of aromatic carboxylic acids is 1. The molecule has 0 aliphatic rings. The standard InChI is InChI=1S/C12H14F3NO4S/c1-7-5-9(3-4-10(7)11(17)18)6-16-21(19,20)8(2)12(13,14)15/h3-5,8,16H,6H2,1-2H3,(H,17,18). The maximum absolute atomic E-state index is 12.4. The summed E-state index contributed by atoms with van der Waals surface area (Å²) in [5.74, 6) is -1.13. The lowest BCUT2D eigenvalue weighted by atomic mass is 10.1. The molecule has 1 aromatic rings. The molecule has 0 aromatic heterocycles. The van der Waals surface area contributed by atoms with Gasteiger partial charge in [-0.2, -0.15) is 13.2 Å². The Morgan fingerprint density at radius 1 is 1.38 bits per heavy atom. The lowest BCUT2D eigenvalue weighted by Crippen LogP contribution is -2.41. The number of carboxylic acids is 1. The van der Waals surface area contributed by atoms with E-state index in [1.807, 2.05) is 4.72 Å². The summed E-state index contributed by atoms with van der Waals surface area (Å²) in [5.41, 5.74) is 0.809. The van der Waals surface area contributed by atoms with Crippen LogP contribution < -0.4 is 4.72 Å². The molecule has 5 nitrogen and oxygen atoms in total. The summed E-state index contributed by atoms with van der Waals surface area (Å²) in [4.78, 5) is 10.8. The zero-order valence-electron chi connectivity index (χ0n) is 11.2. The molecule has 1 aromatic carbocycles. The van der Waals surface area contributed by atoms with Crippen molar-refractivity contribution in [2.45, 2.75) is 31.8 Å². The van der Waals surface area contributed by atoms with Gasteiger partial charge in [-0.15, -0.1) is 0 Å². The van der Waals surface area contributed by atoms with E-state index in [0.717, 1.165) is 0 Å². The molecule has 21 heavy (non-hydrogen) atoms. The van der Waals surface area contributed by atoms with Gasteiger partial charge in [0.1, 0.15) is 0 Å². The van der Waals surface area contributed by atoms with E-state index in [2.05, 4.69) is 0 Å². The van der Waals surface area contributed by atoms with Gasteiger partial charge in [-0.25, -0.2) is 17.9 Å². The Labute approximate surface area is 119 Å². The second-order valence-corrected chi connectivity index (χ2v) is 6.59. The topological polar surface area (TPSA) is 83.5 Å². The van der Waals surface area contributed by atoms with E-state index in [0.29, 0.717) is 18.1 Å². The number of carboxylic acid groups (broad SMARTS) is 1. The molecule has 118 valence electrons. The molecule has 1 unspecified atom stereocenters. The van der Waals surface area contributed by atoms with Crippen LogP contribution in [0.2, 0.25) is 0 Å². The lowest BCUT2D eigenvalue weighted by molar-refractivity contribution is -0.127. The second-order valence-electron chi connectivity index (χ2n) is 4.50. The van der Waals surface area contributed by atoms with Crippen molar-refractivity contribution in [3.8, 4) is 0 Å². The third-order valence-corrected chi connectivity index (χ3v) is 4.67. The minimum absolute atomic E-state index is 0.0465. The first-order chi connectivity index (χ1) is 9.45. The number of sulfonamides is 1. The molecule has 0 saturated carbocycles. The lowest BCUT2D eigenvalue weighted by Gasteiger charge is -2.17. The summed E-state index contributed by atoms with van der Waals surface area (Å²) in [7, 11) is -4.55. The summed E-state index contributed by atoms with van der Waals surface area (Å²) < 4.78 is 62.0. The van der Waals surface area contributed by atoms with Crippen LogP contribution in [0.4, 0.5) is 13.2 Å². The molecule has 0 fully saturated rings. The van der Waals surface area contributed by atoms with Gasteiger partial charge in [0.05, 0.1) is 5.56 Å². The number of rotatable bonds is 5. The molecule has 2 N–H and O–H groups in total. The predicted molar refractivity (Wildman–Crippen MR) is 69.4 cm³/mol. The van der Waals surface area contributed by atoms with Crippen molar-refractivity contribution < 1.29 is 31.5 Å². The maximum atomic E-state index is 12.4. The molecule has 0 heterocycles. The molecule has 0 radical (unpaired) electrons. The Morgan fingerprint density at radius 2 is 1.95 bits per heavy atom. The van der Waals surface area contributed by atoms with Gasteiger partial charge in [-0.3, -0.25) is 0 Å². The minimum atomic E-state index is -4.85. The number of benzene rings is 1. The fourth-order valence-corrected chi connectivity index (χ4v) is 2.53. The summed E-state index contributed by atoms with van der Waals surface area (Å²) in [5, 5.41) is 6.32. The van der Waals surface area contributed by atoms with E-state index < -0.39 is 27.4 Å². The largest absolute Gasteiger partial charge is 0.478 e. The summed E-state index contributed by atoms with van der Waals surface area (Å²) >= 11 is 0. The number of hydrogen-bond donors (Lipinski definition) is 2. The first kappa shape index (κ1) is 17.4. The Morgan fingerprint density at radius 3 is 2.38 bits per heavy atom. The molecule has 0 bridgehead atoms. The van der Waals surface area contributed by atoms with Gasteiger partial charge < -0.3 is 5.11 Å². The minimum Gasteiger partial charge on any atom is -0.478 e. The van der Waals surface area contributed by atoms with Crippen molar-refractivity contribution in [2.75, 3.05) is 0 Å². The third-order valence-electron chi connectivity index (χ3n) is 2.93. The third kappa shape index (κ3) is 4.43. The van der Waals surface area contributed by atoms with E-state index in [1.165, 1.54) is 25.1 Å². The monoisotopic (exact) mass is 325 g/mol. The molecule has 1 atom stereocenters. The number of hydrogen-bond acceptors (Lipinski definition) is 3. The quantitative estimate of drug-likeness (QED) is 0.868. The molecule has 0 amide bonds. The van der Waals surface area contributed by atoms with Crippen LogP contribution in [-0.2, 0) is 16.6 Å². The van der Waals surface area contributed by atoms with Crippen LogP contribution in [0.25, 0.3) is 0 Å². The van der Waals surface area contributed by atoms with Gasteiger partial charge in [0.15, 0.2) is 5.25 Å². The van der Waals surface area contributed by atoms with Gasteiger partial charge in [0, 0.05) is 6.54 Å². The van der Waals surface area contributed by atoms with Crippen molar-refractivity contribution in [1.29, 1.82) is 0 Å². The SMILES string of the molecule is Cc1cc(CNS(=O)(=O)C(C)C(F)(F)F)ccc1C(=O)O. The maximum Gasteiger partial charge on any atom is 0.406 e. The average Bonchev–Trinajstić information content (AvgIpc) is 2.34. The second kappa shape index (κ2) is 6.02. The molecular formula is C12H14F3NO4S. The summed E-state index contributed by atoms with van der Waals surface area (Å²) in [6.07, 6.45) is -4.85. The normalized spacial score (nSPS) is 14.0. The van der Waals surface area contributed by atoms with Gasteiger partial charge in [0.2, 0.25) is 10.0 Å². The molecule has 0 aliphatic carbocycles. The van der Waals surface area contributed by atoms with E-state index in [9.17, 15) is 26.4 Å². The van der Waals surface area contributed by atoms with Crippen molar-refractivity contribution in [2.24, 2.45) is 0 Å². The Hall–Kier alpha value is -1.61. The van der Waals surface area contributed by atoms with Crippen molar-refractivity contribution >= 4 is 16.0 Å². The first-order valence-corrected chi connectivity index (χ1v) is 7.38. The first-order valence-electron chi connectivity index (χ1n) is 5.83. The molecule has 9 heteroatoms. The van der Waals surface area contributed by atoms with E-state index in [4.69, 9.17) is 5.11 Å². The van der Waals surface area contributed by atoms with Crippen LogP contribution in [0, 0.1) is 6.92 Å². The molecular weight excluding hydrogens is 311 g/mol. The fourth-order valence-electron chi connectivity index (χ4n) is 1.56. The van der Waals surface area contributed by atoms with E-state index >= 15 is 0 Å². The van der Waals surface area contributed by atoms with Crippen LogP contribution in [0.3, 0.4) is 0 Å². The van der Waals surface area contributed by atoms with Crippen molar-refractivity contribution in [1.82, 2.24) is 4.72 Å². The number of halogens is 3. The van der Waals surface area contributed by atoms with Crippen LogP contribution >= 0.6 is 0 Å². The summed E-state index contributed by atoms with van der Waals surface area (Å²) in [6.45, 7) is 1.73. The fraction of sp³-hybridized carbons (Fsp3) is 0.417. The molecule has 1 rings (SSSR count). The van der Waals surface area contributed by atoms with E-state index in [1.54, 1.807) is 0 Å². The highest BCUT2D eigenvalue weighted by molar-refractivity contribution is 7.90. The number of aryl methyl sites for hydroxylation is 1.